The lowest BCUT2D eigenvalue weighted by Gasteiger charge is -2.35. The molecule has 0 aliphatic carbocycles. The standard InChI is InChI=1S/C22H28N2O4S/c1-16-5-8-20(9-6-16)29(26,27)24-13-11-23(12-14-24)22(25)19(4)28-21-10-7-17(2)15-18(21)3/h5-10,15,19H,11-14H2,1-4H3. The maximum absolute atomic E-state index is 12.8. The van der Waals surface area contributed by atoms with E-state index in [1.807, 2.05) is 39.0 Å². The Morgan fingerprint density at radius 3 is 2.10 bits per heavy atom. The Balaban J connectivity index is 1.60. The molecule has 1 atom stereocenters. The Morgan fingerprint density at radius 1 is 0.931 bits per heavy atom. The Labute approximate surface area is 173 Å². The summed E-state index contributed by atoms with van der Waals surface area (Å²) >= 11 is 0. The summed E-state index contributed by atoms with van der Waals surface area (Å²) < 4.78 is 32.9. The number of hydrogen-bond donors (Lipinski definition) is 0. The SMILES string of the molecule is Cc1ccc(S(=O)(=O)N2CCN(C(=O)C(C)Oc3ccc(C)cc3C)CC2)cc1. The summed E-state index contributed by atoms with van der Waals surface area (Å²) in [4.78, 5) is 14.7. The number of nitrogens with zero attached hydrogens (tertiary/aromatic N) is 2. The van der Waals surface area contributed by atoms with Gasteiger partial charge in [0, 0.05) is 26.2 Å². The van der Waals surface area contributed by atoms with E-state index in [2.05, 4.69) is 0 Å². The third-order valence-electron chi connectivity index (χ3n) is 5.19. The average Bonchev–Trinajstić information content (AvgIpc) is 2.70. The van der Waals surface area contributed by atoms with Crippen LogP contribution in [0.1, 0.15) is 23.6 Å². The number of ether oxygens (including phenoxy) is 1. The monoisotopic (exact) mass is 416 g/mol. The molecule has 0 N–H and O–H groups in total. The quantitative estimate of drug-likeness (QED) is 0.752. The van der Waals surface area contributed by atoms with Crippen LogP contribution < -0.4 is 4.74 Å². The van der Waals surface area contributed by atoms with Gasteiger partial charge in [-0.3, -0.25) is 4.79 Å². The van der Waals surface area contributed by atoms with Crippen LogP contribution in [-0.2, 0) is 14.8 Å². The number of carbonyl (C=O) groups is 1. The molecule has 0 spiro atoms. The number of aryl methyl sites for hydroxylation is 3. The molecule has 0 saturated carbocycles. The Bertz CT molecular complexity index is 978. The van der Waals surface area contributed by atoms with E-state index in [1.165, 1.54) is 4.31 Å². The maximum Gasteiger partial charge on any atom is 0.263 e. The van der Waals surface area contributed by atoms with Crippen LogP contribution in [-0.4, -0.2) is 55.8 Å². The molecule has 0 bridgehead atoms. The van der Waals surface area contributed by atoms with Crippen molar-refractivity contribution in [2.45, 2.75) is 38.7 Å². The summed E-state index contributed by atoms with van der Waals surface area (Å²) in [6.45, 7) is 8.87. The minimum atomic E-state index is -3.54. The van der Waals surface area contributed by atoms with Crippen LogP contribution in [0, 0.1) is 20.8 Å². The number of hydrogen-bond acceptors (Lipinski definition) is 4. The van der Waals surface area contributed by atoms with E-state index < -0.39 is 16.1 Å². The fourth-order valence-corrected chi connectivity index (χ4v) is 4.86. The van der Waals surface area contributed by atoms with Crippen molar-refractivity contribution in [3.05, 3.63) is 59.2 Å². The molecule has 2 aromatic rings. The second-order valence-corrected chi connectivity index (χ2v) is 9.51. The smallest absolute Gasteiger partial charge is 0.263 e. The zero-order valence-electron chi connectivity index (χ0n) is 17.4. The molecule has 1 unspecified atom stereocenters. The summed E-state index contributed by atoms with van der Waals surface area (Å²) in [7, 11) is -3.54. The largest absolute Gasteiger partial charge is 0.481 e. The first kappa shape index (κ1) is 21.3. The summed E-state index contributed by atoms with van der Waals surface area (Å²) in [5.41, 5.74) is 3.13. The zero-order chi connectivity index (χ0) is 21.2. The van der Waals surface area contributed by atoms with Gasteiger partial charge in [-0.25, -0.2) is 8.42 Å². The Hall–Kier alpha value is -2.38. The predicted molar refractivity (Wildman–Crippen MR) is 113 cm³/mol. The van der Waals surface area contributed by atoms with Gasteiger partial charge in [0.2, 0.25) is 10.0 Å². The minimum absolute atomic E-state index is 0.127. The highest BCUT2D eigenvalue weighted by Gasteiger charge is 2.32. The van der Waals surface area contributed by atoms with Crippen molar-refractivity contribution >= 4 is 15.9 Å². The van der Waals surface area contributed by atoms with E-state index in [0.717, 1.165) is 16.7 Å². The predicted octanol–water partition coefficient (Wildman–Crippen LogP) is 2.91. The van der Waals surface area contributed by atoms with Crippen molar-refractivity contribution in [1.29, 1.82) is 0 Å². The van der Waals surface area contributed by atoms with Crippen molar-refractivity contribution in [2.75, 3.05) is 26.2 Å². The van der Waals surface area contributed by atoms with Gasteiger partial charge in [-0.2, -0.15) is 4.31 Å². The van der Waals surface area contributed by atoms with Gasteiger partial charge in [0.1, 0.15) is 5.75 Å². The van der Waals surface area contributed by atoms with E-state index in [0.29, 0.717) is 18.8 Å². The lowest BCUT2D eigenvalue weighted by molar-refractivity contribution is -0.139. The van der Waals surface area contributed by atoms with E-state index in [9.17, 15) is 13.2 Å². The topological polar surface area (TPSA) is 66.9 Å². The molecule has 1 aliphatic rings. The van der Waals surface area contributed by atoms with Crippen molar-refractivity contribution in [2.24, 2.45) is 0 Å². The number of amides is 1. The number of sulfonamides is 1. The fraction of sp³-hybridized carbons (Fsp3) is 0.409. The van der Waals surface area contributed by atoms with Gasteiger partial charge < -0.3 is 9.64 Å². The number of piperazine rings is 1. The Kier molecular flexibility index (Phi) is 6.29. The summed E-state index contributed by atoms with van der Waals surface area (Å²) in [6.07, 6.45) is -0.628. The number of benzene rings is 2. The van der Waals surface area contributed by atoms with Crippen LogP contribution in [0.15, 0.2) is 47.4 Å². The highest BCUT2D eigenvalue weighted by molar-refractivity contribution is 7.89. The molecule has 1 aliphatic heterocycles. The van der Waals surface area contributed by atoms with Gasteiger partial charge >= 0.3 is 0 Å². The van der Waals surface area contributed by atoms with Crippen LogP contribution in [0.5, 0.6) is 5.75 Å². The molecule has 3 rings (SSSR count). The normalized spacial score (nSPS) is 16.5. The van der Waals surface area contributed by atoms with Crippen molar-refractivity contribution < 1.29 is 17.9 Å². The highest BCUT2D eigenvalue weighted by Crippen LogP contribution is 2.22. The molecule has 1 fully saturated rings. The van der Waals surface area contributed by atoms with Crippen LogP contribution in [0.3, 0.4) is 0 Å². The van der Waals surface area contributed by atoms with E-state index in [-0.39, 0.29) is 23.9 Å². The third-order valence-corrected chi connectivity index (χ3v) is 7.10. The molecule has 29 heavy (non-hydrogen) atoms. The van der Waals surface area contributed by atoms with Crippen LogP contribution in [0.25, 0.3) is 0 Å². The van der Waals surface area contributed by atoms with Gasteiger partial charge in [0.15, 0.2) is 6.10 Å². The molecule has 156 valence electrons. The molecular formula is C22H28N2O4S. The van der Waals surface area contributed by atoms with Crippen LogP contribution in [0.4, 0.5) is 0 Å². The molecule has 2 aromatic carbocycles. The van der Waals surface area contributed by atoms with Gasteiger partial charge in [-0.15, -0.1) is 0 Å². The molecule has 6 nitrogen and oxygen atoms in total. The first-order chi connectivity index (χ1) is 13.7. The highest BCUT2D eigenvalue weighted by atomic mass is 32.2. The minimum Gasteiger partial charge on any atom is -0.481 e. The van der Waals surface area contributed by atoms with Crippen molar-refractivity contribution in [1.82, 2.24) is 9.21 Å². The van der Waals surface area contributed by atoms with Crippen molar-refractivity contribution in [3.8, 4) is 5.75 Å². The summed E-state index contributed by atoms with van der Waals surface area (Å²) in [5, 5.41) is 0. The first-order valence-corrected chi connectivity index (χ1v) is 11.2. The average molecular weight is 417 g/mol. The van der Waals surface area contributed by atoms with Gasteiger partial charge in [-0.05, 0) is 51.5 Å². The fourth-order valence-electron chi connectivity index (χ4n) is 3.44. The number of carbonyl (C=O) groups excluding carboxylic acids is 1. The number of rotatable bonds is 5. The molecule has 1 saturated heterocycles. The Morgan fingerprint density at radius 2 is 1.52 bits per heavy atom. The van der Waals surface area contributed by atoms with Gasteiger partial charge in [0.05, 0.1) is 4.90 Å². The lowest BCUT2D eigenvalue weighted by Crippen LogP contribution is -2.53. The maximum atomic E-state index is 12.8. The van der Waals surface area contributed by atoms with E-state index in [4.69, 9.17) is 4.74 Å². The first-order valence-electron chi connectivity index (χ1n) is 9.78. The second-order valence-electron chi connectivity index (χ2n) is 7.57. The third kappa shape index (κ3) is 4.79. The van der Waals surface area contributed by atoms with Crippen LogP contribution in [0.2, 0.25) is 0 Å². The zero-order valence-corrected chi connectivity index (χ0v) is 18.2. The lowest BCUT2D eigenvalue weighted by atomic mass is 10.1. The molecule has 1 amide bonds. The van der Waals surface area contributed by atoms with E-state index >= 15 is 0 Å². The summed E-state index contributed by atoms with van der Waals surface area (Å²) in [6, 6.07) is 12.7. The van der Waals surface area contributed by atoms with Crippen LogP contribution >= 0.6 is 0 Å². The molecule has 1 heterocycles. The molecule has 0 aromatic heterocycles. The second kappa shape index (κ2) is 8.55. The van der Waals surface area contributed by atoms with Crippen molar-refractivity contribution in [3.63, 3.8) is 0 Å². The molecule has 7 heteroatoms. The van der Waals surface area contributed by atoms with E-state index in [1.54, 1.807) is 36.1 Å². The molecular weight excluding hydrogens is 388 g/mol. The molecule has 0 radical (unpaired) electrons. The van der Waals surface area contributed by atoms with Gasteiger partial charge in [0.25, 0.3) is 5.91 Å². The van der Waals surface area contributed by atoms with Gasteiger partial charge in [-0.1, -0.05) is 35.4 Å². The summed E-state index contributed by atoms with van der Waals surface area (Å²) in [5.74, 6) is 0.564.